The molecule has 2 heterocycles. The van der Waals surface area contributed by atoms with Crippen molar-refractivity contribution < 1.29 is 14.6 Å². The Morgan fingerprint density at radius 2 is 2.25 bits per heavy atom. The van der Waals surface area contributed by atoms with Crippen molar-refractivity contribution in [3.63, 3.8) is 0 Å². The minimum Gasteiger partial charge on any atom is -0.478 e. The van der Waals surface area contributed by atoms with Crippen LogP contribution in [-0.2, 0) is 11.3 Å². The van der Waals surface area contributed by atoms with E-state index < -0.39 is 5.97 Å². The number of rotatable bonds is 4. The number of ether oxygens (including phenoxy) is 1. The molecule has 0 aliphatic carbocycles. The maximum atomic E-state index is 11.6. The molecule has 7 nitrogen and oxygen atoms in total. The fourth-order valence-electron chi connectivity index (χ4n) is 2.90. The van der Waals surface area contributed by atoms with Crippen LogP contribution in [0.4, 0.5) is 0 Å². The SMILES string of the molecule is Cc1nc([C@H]2CN(Cc3ccccc3C(=O)O)CCO2)cc(=O)[nH]1. The van der Waals surface area contributed by atoms with Crippen LogP contribution < -0.4 is 5.56 Å². The quantitative estimate of drug-likeness (QED) is 0.879. The van der Waals surface area contributed by atoms with E-state index in [1.165, 1.54) is 6.07 Å². The second-order valence-corrected chi connectivity index (χ2v) is 5.81. The maximum Gasteiger partial charge on any atom is 0.336 e. The zero-order valence-corrected chi connectivity index (χ0v) is 13.4. The first-order valence-electron chi connectivity index (χ1n) is 7.76. The van der Waals surface area contributed by atoms with Crippen molar-refractivity contribution in [1.29, 1.82) is 0 Å². The zero-order valence-electron chi connectivity index (χ0n) is 13.4. The van der Waals surface area contributed by atoms with E-state index in [2.05, 4.69) is 14.9 Å². The van der Waals surface area contributed by atoms with Gasteiger partial charge >= 0.3 is 5.97 Å². The summed E-state index contributed by atoms with van der Waals surface area (Å²) in [5.74, 6) is -0.378. The molecule has 3 rings (SSSR count). The Labute approximate surface area is 138 Å². The summed E-state index contributed by atoms with van der Waals surface area (Å²) >= 11 is 0. The Balaban J connectivity index is 1.77. The van der Waals surface area contributed by atoms with Crippen LogP contribution >= 0.6 is 0 Å². The fourth-order valence-corrected chi connectivity index (χ4v) is 2.90. The van der Waals surface area contributed by atoms with Gasteiger partial charge in [-0.15, -0.1) is 0 Å². The van der Waals surface area contributed by atoms with Gasteiger partial charge in [0.05, 0.1) is 17.9 Å². The molecular formula is C17H19N3O4. The number of aromatic carboxylic acids is 1. The summed E-state index contributed by atoms with van der Waals surface area (Å²) in [6.45, 7) is 4.02. The second-order valence-electron chi connectivity index (χ2n) is 5.81. The molecule has 1 aromatic carbocycles. The monoisotopic (exact) mass is 329 g/mol. The van der Waals surface area contributed by atoms with Gasteiger partial charge in [-0.3, -0.25) is 9.69 Å². The van der Waals surface area contributed by atoms with Crippen molar-refractivity contribution >= 4 is 5.97 Å². The van der Waals surface area contributed by atoms with Gasteiger partial charge in [0, 0.05) is 25.7 Å². The van der Waals surface area contributed by atoms with Crippen LogP contribution in [0.5, 0.6) is 0 Å². The number of carbonyl (C=O) groups is 1. The summed E-state index contributed by atoms with van der Waals surface area (Å²) in [7, 11) is 0. The highest BCUT2D eigenvalue weighted by Crippen LogP contribution is 2.22. The van der Waals surface area contributed by atoms with Crippen molar-refractivity contribution in [2.24, 2.45) is 0 Å². The first-order valence-corrected chi connectivity index (χ1v) is 7.76. The number of hydrogen-bond acceptors (Lipinski definition) is 5. The molecule has 1 atom stereocenters. The molecule has 0 spiro atoms. The molecule has 0 amide bonds. The first kappa shape index (κ1) is 16.4. The highest BCUT2D eigenvalue weighted by Gasteiger charge is 2.24. The standard InChI is InChI=1S/C17H19N3O4/c1-11-18-14(8-16(21)19-11)15-10-20(6-7-24-15)9-12-4-2-3-5-13(12)17(22)23/h2-5,8,15H,6-7,9-10H2,1H3,(H,22,23)(H,18,19,21)/t15-/m1/s1. The predicted octanol–water partition coefficient (Wildman–Crippen LogP) is 1.35. The van der Waals surface area contributed by atoms with E-state index in [1.54, 1.807) is 19.1 Å². The number of hydrogen-bond donors (Lipinski definition) is 2. The third-order valence-corrected chi connectivity index (χ3v) is 4.00. The molecule has 2 N–H and O–H groups in total. The minimum absolute atomic E-state index is 0.200. The number of morpholine rings is 1. The van der Waals surface area contributed by atoms with Gasteiger partial charge in [-0.25, -0.2) is 9.78 Å². The summed E-state index contributed by atoms with van der Waals surface area (Å²) in [4.78, 5) is 32.0. The Hall–Kier alpha value is -2.51. The van der Waals surface area contributed by atoms with Gasteiger partial charge in [-0.05, 0) is 18.6 Å². The summed E-state index contributed by atoms with van der Waals surface area (Å²) in [6.07, 6.45) is -0.295. The highest BCUT2D eigenvalue weighted by molar-refractivity contribution is 5.89. The maximum absolute atomic E-state index is 11.6. The molecular weight excluding hydrogens is 310 g/mol. The average molecular weight is 329 g/mol. The van der Waals surface area contributed by atoms with E-state index in [9.17, 15) is 14.7 Å². The van der Waals surface area contributed by atoms with Crippen LogP contribution in [-0.4, -0.2) is 45.6 Å². The van der Waals surface area contributed by atoms with Crippen molar-refractivity contribution in [3.8, 4) is 0 Å². The Morgan fingerprint density at radius 1 is 1.46 bits per heavy atom. The van der Waals surface area contributed by atoms with Gasteiger partial charge in [0.2, 0.25) is 0 Å². The number of aromatic amines is 1. The summed E-state index contributed by atoms with van der Waals surface area (Å²) < 4.78 is 5.75. The summed E-state index contributed by atoms with van der Waals surface area (Å²) in [5.41, 5.74) is 1.48. The van der Waals surface area contributed by atoms with E-state index in [1.807, 2.05) is 12.1 Å². The molecule has 1 fully saturated rings. The second kappa shape index (κ2) is 6.94. The Bertz CT molecular complexity index is 802. The smallest absolute Gasteiger partial charge is 0.336 e. The number of nitrogens with zero attached hydrogens (tertiary/aromatic N) is 2. The molecule has 7 heteroatoms. The Morgan fingerprint density at radius 3 is 3.00 bits per heavy atom. The lowest BCUT2D eigenvalue weighted by atomic mass is 10.1. The van der Waals surface area contributed by atoms with Crippen LogP contribution in [0.2, 0.25) is 0 Å². The van der Waals surface area contributed by atoms with Gasteiger partial charge in [-0.2, -0.15) is 0 Å². The summed E-state index contributed by atoms with van der Waals surface area (Å²) in [6, 6.07) is 8.44. The van der Waals surface area contributed by atoms with E-state index >= 15 is 0 Å². The molecule has 126 valence electrons. The van der Waals surface area contributed by atoms with Gasteiger partial charge in [0.25, 0.3) is 5.56 Å². The van der Waals surface area contributed by atoms with Crippen molar-refractivity contribution in [3.05, 3.63) is 63.3 Å². The number of H-pyrrole nitrogens is 1. The number of aromatic nitrogens is 2. The largest absolute Gasteiger partial charge is 0.478 e. The van der Waals surface area contributed by atoms with Crippen molar-refractivity contribution in [2.45, 2.75) is 19.6 Å². The van der Waals surface area contributed by atoms with Crippen molar-refractivity contribution in [2.75, 3.05) is 19.7 Å². The molecule has 2 aromatic rings. The molecule has 1 saturated heterocycles. The summed E-state index contributed by atoms with van der Waals surface area (Å²) in [5, 5.41) is 9.29. The molecule has 0 radical (unpaired) electrons. The molecule has 1 aliphatic rings. The third kappa shape index (κ3) is 3.69. The molecule has 24 heavy (non-hydrogen) atoms. The topological polar surface area (TPSA) is 95.5 Å². The number of nitrogens with one attached hydrogen (secondary N) is 1. The van der Waals surface area contributed by atoms with Crippen LogP contribution in [0, 0.1) is 6.92 Å². The van der Waals surface area contributed by atoms with Gasteiger partial charge < -0.3 is 14.8 Å². The Kier molecular flexibility index (Phi) is 4.73. The van der Waals surface area contributed by atoms with Crippen LogP contribution in [0.1, 0.15) is 33.5 Å². The third-order valence-electron chi connectivity index (χ3n) is 4.00. The normalized spacial score (nSPS) is 18.5. The lowest BCUT2D eigenvalue weighted by Gasteiger charge is -2.32. The van der Waals surface area contributed by atoms with Gasteiger partial charge in [0.15, 0.2) is 0 Å². The first-order chi connectivity index (χ1) is 11.5. The molecule has 0 saturated carbocycles. The van der Waals surface area contributed by atoms with Crippen LogP contribution in [0.3, 0.4) is 0 Å². The zero-order chi connectivity index (χ0) is 17.1. The number of benzene rings is 1. The fraction of sp³-hybridized carbons (Fsp3) is 0.353. The van der Waals surface area contributed by atoms with E-state index in [4.69, 9.17) is 4.74 Å². The van der Waals surface area contributed by atoms with E-state index in [0.717, 1.165) is 5.56 Å². The lowest BCUT2D eigenvalue weighted by molar-refractivity contribution is -0.0352. The van der Waals surface area contributed by atoms with Crippen LogP contribution in [0.25, 0.3) is 0 Å². The lowest BCUT2D eigenvalue weighted by Crippen LogP contribution is -2.38. The van der Waals surface area contributed by atoms with Gasteiger partial charge in [-0.1, -0.05) is 18.2 Å². The molecule has 0 bridgehead atoms. The van der Waals surface area contributed by atoms with E-state index in [-0.39, 0.29) is 11.7 Å². The van der Waals surface area contributed by atoms with E-state index in [0.29, 0.717) is 43.3 Å². The average Bonchev–Trinajstić information content (AvgIpc) is 2.54. The molecule has 0 unspecified atom stereocenters. The number of carboxylic acids is 1. The van der Waals surface area contributed by atoms with Gasteiger partial charge in [0.1, 0.15) is 11.9 Å². The molecule has 1 aliphatic heterocycles. The predicted molar refractivity (Wildman–Crippen MR) is 87.0 cm³/mol. The van der Waals surface area contributed by atoms with Crippen LogP contribution in [0.15, 0.2) is 35.1 Å². The molecule has 1 aromatic heterocycles. The minimum atomic E-state index is -0.928. The van der Waals surface area contributed by atoms with Crippen molar-refractivity contribution in [1.82, 2.24) is 14.9 Å². The number of aryl methyl sites for hydroxylation is 1. The highest BCUT2D eigenvalue weighted by atomic mass is 16.5. The number of carboxylic acid groups (broad SMARTS) is 1.